The first-order chi connectivity index (χ1) is 16.3. The third kappa shape index (κ3) is 4.48. The normalized spacial score (nSPS) is 15.1. The average Bonchev–Trinajstić information content (AvgIpc) is 2.84. The van der Waals surface area contributed by atoms with Gasteiger partial charge in [0.25, 0.3) is 10.0 Å². The fourth-order valence-corrected chi connectivity index (χ4v) is 5.29. The summed E-state index contributed by atoms with van der Waals surface area (Å²) in [4.78, 5) is 37.3. The molecule has 0 aliphatic carbocycles. The van der Waals surface area contributed by atoms with E-state index >= 15 is 0 Å². The molecular weight excluding hydrogens is 458 g/mol. The zero-order valence-corrected chi connectivity index (χ0v) is 18.9. The van der Waals surface area contributed by atoms with Gasteiger partial charge in [-0.3, -0.25) is 13.9 Å². The third-order valence-electron chi connectivity index (χ3n) is 5.25. The van der Waals surface area contributed by atoms with Crippen LogP contribution in [0.3, 0.4) is 0 Å². The molecule has 0 saturated carbocycles. The van der Waals surface area contributed by atoms with Gasteiger partial charge in [0.1, 0.15) is 6.04 Å². The lowest BCUT2D eigenvalue weighted by molar-refractivity contribution is -0.122. The van der Waals surface area contributed by atoms with Crippen molar-refractivity contribution >= 4 is 44.9 Å². The minimum absolute atomic E-state index is 0.00307. The number of para-hydroxylation sites is 2. The van der Waals surface area contributed by atoms with Crippen LogP contribution in [0.5, 0.6) is 0 Å². The fourth-order valence-electron chi connectivity index (χ4n) is 3.64. The van der Waals surface area contributed by atoms with Crippen molar-refractivity contribution in [1.82, 2.24) is 0 Å². The number of methoxy groups -OCH3 is 1. The van der Waals surface area contributed by atoms with Gasteiger partial charge < -0.3 is 15.4 Å². The Hall–Kier alpha value is -4.18. The number of amides is 2. The number of benzene rings is 3. The molecule has 0 radical (unpaired) electrons. The minimum Gasteiger partial charge on any atom is -0.465 e. The van der Waals surface area contributed by atoms with E-state index in [0.29, 0.717) is 16.9 Å². The van der Waals surface area contributed by atoms with E-state index in [-0.39, 0.29) is 10.6 Å². The maximum absolute atomic E-state index is 13.5. The number of esters is 1. The number of ether oxygens (including phenoxy) is 1. The van der Waals surface area contributed by atoms with E-state index in [4.69, 9.17) is 0 Å². The first kappa shape index (κ1) is 23.0. The Kier molecular flexibility index (Phi) is 6.33. The number of sulfonamides is 1. The van der Waals surface area contributed by atoms with Crippen LogP contribution in [0.15, 0.2) is 83.8 Å². The Labute approximate surface area is 196 Å². The topological polar surface area (TPSA) is 122 Å². The minimum atomic E-state index is -4.15. The number of nitrogens with one attached hydrogen (secondary N) is 2. The van der Waals surface area contributed by atoms with Gasteiger partial charge in [0.2, 0.25) is 11.8 Å². The summed E-state index contributed by atoms with van der Waals surface area (Å²) in [6, 6.07) is 18.9. The number of rotatable bonds is 6. The van der Waals surface area contributed by atoms with E-state index < -0.39 is 40.3 Å². The Morgan fingerprint density at radius 3 is 2.29 bits per heavy atom. The van der Waals surface area contributed by atoms with Gasteiger partial charge in [-0.2, -0.15) is 0 Å². The molecule has 10 heteroatoms. The van der Waals surface area contributed by atoms with E-state index in [9.17, 15) is 22.8 Å². The molecule has 0 aromatic heterocycles. The molecule has 3 aromatic rings. The molecular formula is C24H21N3O6S. The third-order valence-corrected chi connectivity index (χ3v) is 7.09. The van der Waals surface area contributed by atoms with Gasteiger partial charge in [-0.05, 0) is 48.5 Å². The van der Waals surface area contributed by atoms with Crippen LogP contribution in [-0.4, -0.2) is 39.4 Å². The van der Waals surface area contributed by atoms with Crippen LogP contribution >= 0.6 is 0 Å². The van der Waals surface area contributed by atoms with Crippen LogP contribution in [0.2, 0.25) is 0 Å². The highest BCUT2D eigenvalue weighted by atomic mass is 32.2. The molecule has 34 heavy (non-hydrogen) atoms. The summed E-state index contributed by atoms with van der Waals surface area (Å²) < 4.78 is 32.7. The molecule has 0 unspecified atom stereocenters. The number of hydrogen-bond acceptors (Lipinski definition) is 6. The fraction of sp³-hybridized carbons (Fsp3) is 0.125. The highest BCUT2D eigenvalue weighted by Crippen LogP contribution is 2.37. The zero-order valence-electron chi connectivity index (χ0n) is 18.1. The number of carbonyl (C=O) groups excluding carboxylic acids is 3. The van der Waals surface area contributed by atoms with E-state index in [1.807, 2.05) is 0 Å². The molecule has 0 fully saturated rings. The van der Waals surface area contributed by atoms with Crippen molar-refractivity contribution in [2.45, 2.75) is 17.4 Å². The molecule has 4 rings (SSSR count). The molecule has 9 nitrogen and oxygen atoms in total. The number of fused-ring (bicyclic) bond motifs is 1. The van der Waals surface area contributed by atoms with Crippen molar-refractivity contribution in [1.29, 1.82) is 0 Å². The van der Waals surface area contributed by atoms with Gasteiger partial charge in [0.05, 0.1) is 35.4 Å². The first-order valence-corrected chi connectivity index (χ1v) is 11.7. The van der Waals surface area contributed by atoms with Gasteiger partial charge in [-0.1, -0.05) is 30.3 Å². The second-order valence-corrected chi connectivity index (χ2v) is 9.27. The van der Waals surface area contributed by atoms with Crippen molar-refractivity contribution in [2.75, 3.05) is 22.0 Å². The van der Waals surface area contributed by atoms with E-state index in [1.165, 1.54) is 43.5 Å². The van der Waals surface area contributed by atoms with Gasteiger partial charge in [-0.15, -0.1) is 0 Å². The Bertz CT molecular complexity index is 1340. The van der Waals surface area contributed by atoms with Gasteiger partial charge in [0.15, 0.2) is 0 Å². The van der Waals surface area contributed by atoms with Crippen molar-refractivity contribution in [3.05, 3.63) is 84.4 Å². The smallest absolute Gasteiger partial charge is 0.337 e. The van der Waals surface area contributed by atoms with Gasteiger partial charge in [0, 0.05) is 5.69 Å². The molecule has 2 N–H and O–H groups in total. The molecule has 3 aromatic carbocycles. The number of hydrogen-bond donors (Lipinski definition) is 2. The molecule has 1 aliphatic heterocycles. The van der Waals surface area contributed by atoms with Crippen LogP contribution in [0, 0.1) is 0 Å². The maximum Gasteiger partial charge on any atom is 0.337 e. The molecule has 1 heterocycles. The number of anilines is 3. The summed E-state index contributed by atoms with van der Waals surface area (Å²) in [7, 11) is -2.89. The number of carbonyl (C=O) groups is 3. The Morgan fingerprint density at radius 1 is 0.971 bits per heavy atom. The second-order valence-electron chi connectivity index (χ2n) is 7.46. The summed E-state index contributed by atoms with van der Waals surface area (Å²) in [6.07, 6.45) is -0.426. The molecule has 2 amide bonds. The number of nitrogens with zero attached hydrogens (tertiary/aromatic N) is 1. The molecule has 0 bridgehead atoms. The molecule has 0 spiro atoms. The maximum atomic E-state index is 13.5. The van der Waals surface area contributed by atoms with E-state index in [1.54, 1.807) is 42.5 Å². The zero-order chi connectivity index (χ0) is 24.3. The monoisotopic (exact) mass is 479 g/mol. The molecule has 1 atom stereocenters. The SMILES string of the molecule is COC(=O)c1ccc(NC(=O)C[C@@H]2C(=O)Nc3ccccc3N2S(=O)(=O)c2ccccc2)cc1. The van der Waals surface area contributed by atoms with Crippen molar-refractivity contribution in [2.24, 2.45) is 0 Å². The van der Waals surface area contributed by atoms with Crippen LogP contribution in [0.1, 0.15) is 16.8 Å². The predicted molar refractivity (Wildman–Crippen MR) is 126 cm³/mol. The predicted octanol–water partition coefficient (Wildman–Crippen LogP) is 3.02. The summed E-state index contributed by atoms with van der Waals surface area (Å²) in [5.41, 5.74) is 1.30. The average molecular weight is 480 g/mol. The van der Waals surface area contributed by atoms with Crippen LogP contribution in [0.4, 0.5) is 17.1 Å². The molecule has 0 saturated heterocycles. The summed E-state index contributed by atoms with van der Waals surface area (Å²) in [5.74, 6) is -1.70. The quantitative estimate of drug-likeness (QED) is 0.524. The largest absolute Gasteiger partial charge is 0.465 e. The van der Waals surface area contributed by atoms with Crippen LogP contribution in [0.25, 0.3) is 0 Å². The highest BCUT2D eigenvalue weighted by Gasteiger charge is 2.41. The molecule has 1 aliphatic rings. The van der Waals surface area contributed by atoms with Crippen molar-refractivity contribution < 1.29 is 27.5 Å². The lowest BCUT2D eigenvalue weighted by atomic mass is 10.1. The lowest BCUT2D eigenvalue weighted by Gasteiger charge is -2.36. The summed E-state index contributed by atoms with van der Waals surface area (Å²) in [6.45, 7) is 0. The first-order valence-electron chi connectivity index (χ1n) is 10.3. The Morgan fingerprint density at radius 2 is 1.62 bits per heavy atom. The van der Waals surface area contributed by atoms with Crippen LogP contribution < -0.4 is 14.9 Å². The molecule has 174 valence electrons. The lowest BCUT2D eigenvalue weighted by Crippen LogP contribution is -2.52. The van der Waals surface area contributed by atoms with Crippen LogP contribution in [-0.2, 0) is 24.3 Å². The van der Waals surface area contributed by atoms with E-state index in [2.05, 4.69) is 15.4 Å². The van der Waals surface area contributed by atoms with Crippen molar-refractivity contribution in [3.63, 3.8) is 0 Å². The summed E-state index contributed by atoms with van der Waals surface area (Å²) >= 11 is 0. The summed E-state index contributed by atoms with van der Waals surface area (Å²) in [5, 5.41) is 5.32. The van der Waals surface area contributed by atoms with Gasteiger partial charge in [-0.25, -0.2) is 13.2 Å². The Balaban J connectivity index is 1.63. The second kappa shape index (κ2) is 9.36. The highest BCUT2D eigenvalue weighted by molar-refractivity contribution is 7.93. The van der Waals surface area contributed by atoms with E-state index in [0.717, 1.165) is 4.31 Å². The van der Waals surface area contributed by atoms with Crippen molar-refractivity contribution in [3.8, 4) is 0 Å². The van der Waals surface area contributed by atoms with Gasteiger partial charge >= 0.3 is 5.97 Å². The standard InChI is InChI=1S/C24H21N3O6S/c1-33-24(30)16-11-13-17(14-12-16)25-22(28)15-21-23(29)26-19-9-5-6-10-20(19)27(21)34(31,32)18-7-3-2-4-8-18/h2-14,21H,15H2,1H3,(H,25,28)(H,26,29)/t21-/m1/s1.